The third-order valence-electron chi connectivity index (χ3n) is 2.66. The molecule has 0 spiro atoms. The Morgan fingerprint density at radius 3 is 2.70 bits per heavy atom. The summed E-state index contributed by atoms with van der Waals surface area (Å²) in [6.45, 7) is 0. The molecule has 0 saturated heterocycles. The molecule has 0 bridgehead atoms. The van der Waals surface area contributed by atoms with E-state index in [4.69, 9.17) is 5.84 Å². The molecule has 12 heteroatoms. The number of nitrogens with zero attached hydrogens (tertiary/aromatic N) is 4. The van der Waals surface area contributed by atoms with Crippen LogP contribution < -0.4 is 5.84 Å². The quantitative estimate of drug-likeness (QED) is 0.376. The molecule has 0 radical (unpaired) electrons. The number of nitro benzene ring substituents is 1. The molecule has 0 aliphatic rings. The molecule has 2 aromatic rings. The highest BCUT2D eigenvalue weighted by molar-refractivity contribution is 7.99. The van der Waals surface area contributed by atoms with Gasteiger partial charge in [-0.2, -0.15) is 0 Å². The number of aromatic nitrogens is 3. The third kappa shape index (κ3) is 3.36. The molecule has 0 fully saturated rings. The van der Waals surface area contributed by atoms with Crippen LogP contribution in [0.2, 0.25) is 0 Å². The van der Waals surface area contributed by atoms with Crippen LogP contribution in [0.4, 0.5) is 14.5 Å². The number of alkyl halides is 2. The summed E-state index contributed by atoms with van der Waals surface area (Å²) < 4.78 is 30.2. The summed E-state index contributed by atoms with van der Waals surface area (Å²) in [7, 11) is 1.14. The van der Waals surface area contributed by atoms with Crippen molar-refractivity contribution in [3.63, 3.8) is 0 Å². The molecular formula is C11H9F2N5O4S. The fraction of sp³-hybridized carbons (Fsp3) is 0.182. The summed E-state index contributed by atoms with van der Waals surface area (Å²) in [4.78, 5) is 21.9. The molecule has 23 heavy (non-hydrogen) atoms. The summed E-state index contributed by atoms with van der Waals surface area (Å²) in [6, 6.07) is 3.58. The number of nitrogens with two attached hydrogens (primary N) is 1. The standard InChI is InChI=1S/C11H9F2N5O4S/c1-22-10(19)5-2-3-7(6(4-5)18(20)21)23-11-16-15-9(8(12)13)17(11)14/h2-4,8H,14H2,1H3. The zero-order chi connectivity index (χ0) is 17.1. The van der Waals surface area contributed by atoms with Crippen LogP contribution in [0.3, 0.4) is 0 Å². The Kier molecular flexibility index (Phi) is 4.74. The second-order valence-electron chi connectivity index (χ2n) is 4.04. The first-order chi connectivity index (χ1) is 10.8. The molecule has 1 aromatic carbocycles. The average molecular weight is 345 g/mol. The van der Waals surface area contributed by atoms with Crippen LogP contribution in [0.5, 0.6) is 0 Å². The number of ether oxygens (including phenoxy) is 1. The van der Waals surface area contributed by atoms with Gasteiger partial charge in [-0.1, -0.05) is 0 Å². The lowest BCUT2D eigenvalue weighted by atomic mass is 10.2. The molecule has 2 N–H and O–H groups in total. The van der Waals surface area contributed by atoms with Gasteiger partial charge in [-0.3, -0.25) is 10.1 Å². The van der Waals surface area contributed by atoms with Crippen LogP contribution >= 0.6 is 11.8 Å². The number of hydrogen-bond donors (Lipinski definition) is 1. The Morgan fingerprint density at radius 1 is 1.48 bits per heavy atom. The van der Waals surface area contributed by atoms with Crippen LogP contribution in [-0.2, 0) is 4.74 Å². The van der Waals surface area contributed by atoms with Crippen LogP contribution in [0.25, 0.3) is 0 Å². The van der Waals surface area contributed by atoms with Crippen molar-refractivity contribution in [1.29, 1.82) is 0 Å². The molecule has 0 unspecified atom stereocenters. The van der Waals surface area contributed by atoms with Gasteiger partial charge in [0.15, 0.2) is 0 Å². The minimum Gasteiger partial charge on any atom is -0.465 e. The number of nitrogen functional groups attached to an aromatic ring is 1. The van der Waals surface area contributed by atoms with Gasteiger partial charge < -0.3 is 10.6 Å². The fourth-order valence-electron chi connectivity index (χ4n) is 1.60. The first-order valence-electron chi connectivity index (χ1n) is 5.88. The van der Waals surface area contributed by atoms with E-state index in [1.807, 2.05) is 0 Å². The molecule has 9 nitrogen and oxygen atoms in total. The lowest BCUT2D eigenvalue weighted by Gasteiger charge is -2.05. The van der Waals surface area contributed by atoms with Crippen molar-refractivity contribution in [2.45, 2.75) is 16.5 Å². The maximum Gasteiger partial charge on any atom is 0.338 e. The van der Waals surface area contributed by atoms with E-state index in [2.05, 4.69) is 14.9 Å². The van der Waals surface area contributed by atoms with Crippen LogP contribution in [0.15, 0.2) is 28.3 Å². The minimum atomic E-state index is -2.93. The third-order valence-corrected chi connectivity index (χ3v) is 3.69. The van der Waals surface area contributed by atoms with Crippen molar-refractivity contribution < 1.29 is 23.2 Å². The Morgan fingerprint density at radius 2 is 2.17 bits per heavy atom. The molecule has 0 saturated carbocycles. The molecule has 1 heterocycles. The van der Waals surface area contributed by atoms with E-state index >= 15 is 0 Å². The van der Waals surface area contributed by atoms with Gasteiger partial charge in [0.1, 0.15) is 0 Å². The SMILES string of the molecule is COC(=O)c1ccc(Sc2nnc(C(F)F)n2N)c([N+](=O)[O-])c1. The Hall–Kier alpha value is -2.76. The van der Waals surface area contributed by atoms with Crippen LogP contribution in [0, 0.1) is 10.1 Å². The molecule has 1 aromatic heterocycles. The summed E-state index contributed by atoms with van der Waals surface area (Å²) in [5.41, 5.74) is -0.439. The van der Waals surface area contributed by atoms with Crippen LogP contribution in [0.1, 0.15) is 22.6 Å². The number of hydrogen-bond acceptors (Lipinski definition) is 8. The topological polar surface area (TPSA) is 126 Å². The van der Waals surface area contributed by atoms with Crippen LogP contribution in [-0.4, -0.2) is 32.9 Å². The summed E-state index contributed by atoms with van der Waals surface area (Å²) in [5, 5.41) is 17.6. The average Bonchev–Trinajstić information content (AvgIpc) is 2.87. The van der Waals surface area contributed by atoms with Crippen molar-refractivity contribution in [1.82, 2.24) is 14.9 Å². The van der Waals surface area contributed by atoms with E-state index < -0.39 is 28.8 Å². The van der Waals surface area contributed by atoms with Crippen molar-refractivity contribution >= 4 is 23.4 Å². The number of carbonyl (C=O) groups excluding carboxylic acids is 1. The molecule has 0 aliphatic carbocycles. The van der Waals surface area contributed by atoms with E-state index in [-0.39, 0.29) is 15.6 Å². The lowest BCUT2D eigenvalue weighted by Crippen LogP contribution is -2.14. The smallest absolute Gasteiger partial charge is 0.338 e. The van der Waals surface area contributed by atoms with Gasteiger partial charge in [0.05, 0.1) is 22.5 Å². The number of methoxy groups -OCH3 is 1. The highest BCUT2D eigenvalue weighted by Gasteiger charge is 2.23. The van der Waals surface area contributed by atoms with E-state index in [1.165, 1.54) is 12.1 Å². The van der Waals surface area contributed by atoms with Gasteiger partial charge >= 0.3 is 5.97 Å². The largest absolute Gasteiger partial charge is 0.465 e. The number of carbonyl (C=O) groups is 1. The highest BCUT2D eigenvalue weighted by atomic mass is 32.2. The number of esters is 1. The van der Waals surface area contributed by atoms with E-state index in [0.717, 1.165) is 13.2 Å². The number of rotatable bonds is 5. The van der Waals surface area contributed by atoms with Gasteiger partial charge in [-0.25, -0.2) is 18.3 Å². The minimum absolute atomic E-state index is 0.0222. The molecule has 0 amide bonds. The van der Waals surface area contributed by atoms with E-state index in [0.29, 0.717) is 16.4 Å². The van der Waals surface area contributed by atoms with Crippen molar-refractivity contribution in [2.24, 2.45) is 0 Å². The summed E-state index contributed by atoms with van der Waals surface area (Å²) in [6.07, 6.45) is -2.93. The Labute approximate surface area is 131 Å². The molecular weight excluding hydrogens is 336 g/mol. The molecule has 122 valence electrons. The highest BCUT2D eigenvalue weighted by Crippen LogP contribution is 2.35. The zero-order valence-corrected chi connectivity index (χ0v) is 12.3. The molecule has 2 rings (SSSR count). The maximum absolute atomic E-state index is 12.6. The maximum atomic E-state index is 12.6. The number of halogens is 2. The van der Waals surface area contributed by atoms with Crippen molar-refractivity contribution in [3.8, 4) is 0 Å². The summed E-state index contributed by atoms with van der Waals surface area (Å²) in [5.74, 6) is 3.92. The monoisotopic (exact) mass is 345 g/mol. The normalized spacial score (nSPS) is 10.8. The van der Waals surface area contributed by atoms with Crippen molar-refractivity contribution in [2.75, 3.05) is 13.0 Å². The first-order valence-corrected chi connectivity index (χ1v) is 6.70. The number of nitro groups is 1. The first kappa shape index (κ1) is 16.6. The second kappa shape index (κ2) is 6.56. The summed E-state index contributed by atoms with van der Waals surface area (Å²) >= 11 is 0.673. The van der Waals surface area contributed by atoms with E-state index in [1.54, 1.807) is 0 Å². The van der Waals surface area contributed by atoms with Gasteiger partial charge in [0.2, 0.25) is 11.0 Å². The Bertz CT molecular complexity index is 767. The number of benzene rings is 1. The van der Waals surface area contributed by atoms with Gasteiger partial charge in [0.25, 0.3) is 12.1 Å². The van der Waals surface area contributed by atoms with E-state index in [9.17, 15) is 23.7 Å². The van der Waals surface area contributed by atoms with Crippen molar-refractivity contribution in [3.05, 3.63) is 39.7 Å². The second-order valence-corrected chi connectivity index (χ2v) is 5.05. The fourth-order valence-corrected chi connectivity index (χ4v) is 2.44. The van der Waals surface area contributed by atoms with Gasteiger partial charge in [0, 0.05) is 6.07 Å². The Balaban J connectivity index is 2.40. The van der Waals surface area contributed by atoms with Gasteiger partial charge in [-0.15, -0.1) is 10.2 Å². The predicted molar refractivity (Wildman–Crippen MR) is 73.7 cm³/mol. The predicted octanol–water partition coefficient (Wildman–Crippen LogP) is 1.78. The van der Waals surface area contributed by atoms with Gasteiger partial charge in [-0.05, 0) is 23.9 Å². The zero-order valence-electron chi connectivity index (χ0n) is 11.5. The molecule has 0 atom stereocenters. The molecule has 0 aliphatic heterocycles. The lowest BCUT2D eigenvalue weighted by molar-refractivity contribution is -0.387.